The molecule has 1 spiro atoms. The van der Waals surface area contributed by atoms with Crippen LogP contribution in [0.2, 0.25) is 0 Å². The van der Waals surface area contributed by atoms with Crippen molar-refractivity contribution in [3.05, 3.63) is 53.3 Å². The number of carbonyl (C=O) groups is 1. The molecule has 186 valence electrons. The van der Waals surface area contributed by atoms with E-state index in [9.17, 15) is 9.18 Å². The van der Waals surface area contributed by atoms with Crippen LogP contribution in [-0.4, -0.2) is 69.9 Å². The number of rotatable bonds is 5. The van der Waals surface area contributed by atoms with Crippen LogP contribution in [0.3, 0.4) is 0 Å². The van der Waals surface area contributed by atoms with E-state index >= 15 is 0 Å². The number of thiazole rings is 1. The summed E-state index contributed by atoms with van der Waals surface area (Å²) in [6, 6.07) is 10.3. The number of fused-ring (bicyclic) bond motifs is 1. The standard InChI is InChI=1S/C25H26FN7O2S/c1-4-18-22(31(3)23-28-19(13-36-23)16-5-7-17(26)8-6-16)33-20(27-18)9-10-21(29-33)32-12-11-25(15-32)14-30(2)24(34)35-25/h5-10,13H,4,11-12,14-15H2,1-3H3. The molecule has 1 amide bonds. The van der Waals surface area contributed by atoms with E-state index in [1.54, 1.807) is 24.1 Å². The van der Waals surface area contributed by atoms with E-state index in [1.165, 1.54) is 23.5 Å². The van der Waals surface area contributed by atoms with Gasteiger partial charge in [-0.25, -0.2) is 19.2 Å². The Morgan fingerprint density at radius 3 is 2.69 bits per heavy atom. The molecular formula is C25H26FN7O2S. The van der Waals surface area contributed by atoms with Gasteiger partial charge < -0.3 is 19.4 Å². The summed E-state index contributed by atoms with van der Waals surface area (Å²) in [5.41, 5.74) is 2.85. The topological polar surface area (TPSA) is 79.1 Å². The Morgan fingerprint density at radius 2 is 1.97 bits per heavy atom. The fourth-order valence-corrected chi connectivity index (χ4v) is 5.81. The van der Waals surface area contributed by atoms with Gasteiger partial charge in [-0.05, 0) is 42.8 Å². The van der Waals surface area contributed by atoms with E-state index in [4.69, 9.17) is 19.8 Å². The van der Waals surface area contributed by atoms with Crippen LogP contribution in [-0.2, 0) is 11.2 Å². The Morgan fingerprint density at radius 1 is 1.17 bits per heavy atom. The maximum absolute atomic E-state index is 13.3. The fourth-order valence-electron chi connectivity index (χ4n) is 5.01. The number of carbonyl (C=O) groups excluding carboxylic acids is 1. The highest BCUT2D eigenvalue weighted by atomic mass is 32.1. The van der Waals surface area contributed by atoms with E-state index in [-0.39, 0.29) is 11.9 Å². The van der Waals surface area contributed by atoms with E-state index in [0.29, 0.717) is 13.1 Å². The average Bonchev–Trinajstić information content (AvgIpc) is 3.65. The number of likely N-dealkylation sites (N-methyl/N-ethyl adjacent to an activating group) is 1. The van der Waals surface area contributed by atoms with Gasteiger partial charge in [-0.2, -0.15) is 4.52 Å². The molecule has 1 aromatic carbocycles. The maximum atomic E-state index is 13.3. The third-order valence-electron chi connectivity index (χ3n) is 6.86. The molecule has 0 radical (unpaired) electrons. The van der Waals surface area contributed by atoms with Gasteiger partial charge in [0.25, 0.3) is 0 Å². The highest BCUT2D eigenvalue weighted by molar-refractivity contribution is 7.14. The number of halogens is 1. The minimum absolute atomic E-state index is 0.269. The number of hydrogen-bond acceptors (Lipinski definition) is 8. The average molecular weight is 508 g/mol. The Hall–Kier alpha value is -3.73. The SMILES string of the molecule is CCc1nc2ccc(N3CCC4(CN(C)C(=O)O4)C3)nn2c1N(C)c1nc(-c2ccc(F)cc2)cs1. The van der Waals surface area contributed by atoms with Crippen molar-refractivity contribution < 1.29 is 13.9 Å². The molecule has 0 aliphatic carbocycles. The number of benzene rings is 1. The Balaban J connectivity index is 1.33. The molecule has 3 aromatic heterocycles. The van der Waals surface area contributed by atoms with Crippen LogP contribution < -0.4 is 9.80 Å². The summed E-state index contributed by atoms with van der Waals surface area (Å²) in [6.45, 7) is 4.02. The number of aromatic nitrogens is 4. The Kier molecular flexibility index (Phi) is 5.32. The van der Waals surface area contributed by atoms with Crippen LogP contribution in [0.5, 0.6) is 0 Å². The highest BCUT2D eigenvalue weighted by Gasteiger charge is 2.48. The minimum Gasteiger partial charge on any atom is -0.439 e. The van der Waals surface area contributed by atoms with Gasteiger partial charge in [0.15, 0.2) is 22.2 Å². The lowest BCUT2D eigenvalue weighted by Gasteiger charge is -2.22. The number of nitrogens with zero attached hydrogens (tertiary/aromatic N) is 7. The summed E-state index contributed by atoms with van der Waals surface area (Å²) >= 11 is 1.51. The van der Waals surface area contributed by atoms with Crippen molar-refractivity contribution in [2.24, 2.45) is 0 Å². The van der Waals surface area contributed by atoms with Crippen molar-refractivity contribution in [1.82, 2.24) is 24.5 Å². The smallest absolute Gasteiger partial charge is 0.410 e. The van der Waals surface area contributed by atoms with E-state index in [1.807, 2.05) is 34.0 Å². The van der Waals surface area contributed by atoms with Gasteiger partial charge in [0, 0.05) is 38.0 Å². The van der Waals surface area contributed by atoms with Gasteiger partial charge in [0.2, 0.25) is 0 Å². The summed E-state index contributed by atoms with van der Waals surface area (Å²) < 4.78 is 20.9. The molecule has 36 heavy (non-hydrogen) atoms. The van der Waals surface area contributed by atoms with Crippen LogP contribution in [0.1, 0.15) is 19.0 Å². The zero-order valence-corrected chi connectivity index (χ0v) is 21.1. The Bertz CT molecular complexity index is 1450. The zero-order valence-electron chi connectivity index (χ0n) is 20.3. The number of imidazole rings is 1. The van der Waals surface area contributed by atoms with E-state index in [2.05, 4.69) is 11.8 Å². The molecule has 2 fully saturated rings. The molecule has 0 bridgehead atoms. The largest absolute Gasteiger partial charge is 0.439 e. The molecular weight excluding hydrogens is 481 g/mol. The lowest BCUT2D eigenvalue weighted by atomic mass is 10.0. The van der Waals surface area contributed by atoms with Crippen molar-refractivity contribution in [2.45, 2.75) is 25.4 Å². The third-order valence-corrected chi connectivity index (χ3v) is 7.78. The van der Waals surface area contributed by atoms with Gasteiger partial charge >= 0.3 is 6.09 Å². The summed E-state index contributed by atoms with van der Waals surface area (Å²) in [5, 5.41) is 7.72. The molecule has 11 heteroatoms. The molecule has 9 nitrogen and oxygen atoms in total. The van der Waals surface area contributed by atoms with Gasteiger partial charge in [-0.1, -0.05) is 6.92 Å². The molecule has 1 atom stereocenters. The number of anilines is 3. The second-order valence-corrected chi connectivity index (χ2v) is 10.2. The van der Waals surface area contributed by atoms with Crippen LogP contribution >= 0.6 is 11.3 Å². The third kappa shape index (κ3) is 3.74. The molecule has 4 aromatic rings. The monoisotopic (exact) mass is 507 g/mol. The number of aryl methyl sites for hydroxylation is 1. The quantitative estimate of drug-likeness (QED) is 0.397. The first-order valence-electron chi connectivity index (χ1n) is 11.9. The maximum Gasteiger partial charge on any atom is 0.410 e. The summed E-state index contributed by atoms with van der Waals surface area (Å²) in [5.74, 6) is 1.40. The number of amides is 1. The minimum atomic E-state index is -0.483. The summed E-state index contributed by atoms with van der Waals surface area (Å²) in [7, 11) is 3.73. The lowest BCUT2D eigenvalue weighted by Crippen LogP contribution is -2.37. The van der Waals surface area contributed by atoms with Gasteiger partial charge in [0.05, 0.1) is 24.5 Å². The Labute approximate surface area is 211 Å². The van der Waals surface area contributed by atoms with Gasteiger partial charge in [0.1, 0.15) is 11.6 Å². The van der Waals surface area contributed by atoms with Crippen molar-refractivity contribution in [3.63, 3.8) is 0 Å². The molecule has 0 saturated carbocycles. The second kappa shape index (κ2) is 8.44. The van der Waals surface area contributed by atoms with Crippen molar-refractivity contribution >= 4 is 39.8 Å². The molecule has 2 saturated heterocycles. The van der Waals surface area contributed by atoms with E-state index < -0.39 is 5.60 Å². The summed E-state index contributed by atoms with van der Waals surface area (Å²) in [6.07, 6.45) is 1.24. The first-order valence-corrected chi connectivity index (χ1v) is 12.8. The van der Waals surface area contributed by atoms with Crippen molar-refractivity contribution in [2.75, 3.05) is 43.5 Å². The van der Waals surface area contributed by atoms with Crippen LogP contribution in [0.4, 0.5) is 26.0 Å². The van der Waals surface area contributed by atoms with Crippen molar-refractivity contribution in [1.29, 1.82) is 0 Å². The predicted molar refractivity (Wildman–Crippen MR) is 137 cm³/mol. The first-order chi connectivity index (χ1) is 17.4. The second-order valence-electron chi connectivity index (χ2n) is 9.36. The normalized spacial score (nSPS) is 19.6. The van der Waals surface area contributed by atoms with Crippen LogP contribution in [0.25, 0.3) is 16.9 Å². The first kappa shape index (κ1) is 22.7. The van der Waals surface area contributed by atoms with Gasteiger partial charge in [-0.15, -0.1) is 16.4 Å². The zero-order chi connectivity index (χ0) is 25.0. The molecule has 0 N–H and O–H groups in total. The number of hydrogen-bond donors (Lipinski definition) is 0. The van der Waals surface area contributed by atoms with E-state index in [0.717, 1.165) is 58.8 Å². The molecule has 2 aliphatic rings. The molecule has 2 aliphatic heterocycles. The van der Waals surface area contributed by atoms with Gasteiger partial charge in [-0.3, -0.25) is 0 Å². The van der Waals surface area contributed by atoms with Crippen molar-refractivity contribution in [3.8, 4) is 11.3 Å². The molecule has 1 unspecified atom stereocenters. The highest BCUT2D eigenvalue weighted by Crippen LogP contribution is 2.36. The van der Waals surface area contributed by atoms with Crippen LogP contribution in [0, 0.1) is 5.82 Å². The summed E-state index contributed by atoms with van der Waals surface area (Å²) in [4.78, 5) is 27.4. The number of ether oxygens (including phenoxy) is 1. The predicted octanol–water partition coefficient (Wildman–Crippen LogP) is 4.35. The lowest BCUT2D eigenvalue weighted by molar-refractivity contribution is 0.0741. The fraction of sp³-hybridized carbons (Fsp3) is 0.360. The molecule has 5 heterocycles. The van der Waals surface area contributed by atoms with Crippen LogP contribution in [0.15, 0.2) is 41.8 Å². The molecule has 6 rings (SSSR count).